The molecule has 34 heavy (non-hydrogen) atoms. The summed E-state index contributed by atoms with van der Waals surface area (Å²) in [6, 6.07) is 12.4. The molecule has 1 fully saturated rings. The number of likely N-dealkylation sites (N-methyl/N-ethyl adjacent to an activating group) is 1. The van der Waals surface area contributed by atoms with Crippen LogP contribution < -0.4 is 15.5 Å². The minimum absolute atomic E-state index is 0.0772. The van der Waals surface area contributed by atoms with Gasteiger partial charge in [0, 0.05) is 49.5 Å². The van der Waals surface area contributed by atoms with Crippen molar-refractivity contribution in [2.75, 3.05) is 55.0 Å². The number of piperazine rings is 1. The number of halogens is 1. The van der Waals surface area contributed by atoms with E-state index in [-0.39, 0.29) is 17.5 Å². The predicted octanol–water partition coefficient (Wildman–Crippen LogP) is 3.26. The summed E-state index contributed by atoms with van der Waals surface area (Å²) >= 11 is 6.29. The van der Waals surface area contributed by atoms with Crippen LogP contribution in [0.15, 0.2) is 53.6 Å². The van der Waals surface area contributed by atoms with E-state index in [1.165, 1.54) is 12.5 Å². The van der Waals surface area contributed by atoms with Gasteiger partial charge in [-0.05, 0) is 42.9 Å². The first kappa shape index (κ1) is 24.2. The topological polar surface area (TPSA) is 111 Å². The van der Waals surface area contributed by atoms with Crippen molar-refractivity contribution in [2.24, 2.45) is 0 Å². The molecule has 11 heteroatoms. The average molecular weight is 503 g/mol. The van der Waals surface area contributed by atoms with Gasteiger partial charge in [-0.1, -0.05) is 23.7 Å². The largest absolute Gasteiger partial charge is 0.392 e. The lowest BCUT2D eigenvalue weighted by Crippen LogP contribution is -2.44. The van der Waals surface area contributed by atoms with Crippen LogP contribution in [-0.4, -0.2) is 67.9 Å². The van der Waals surface area contributed by atoms with Crippen molar-refractivity contribution < 1.29 is 13.5 Å². The maximum absolute atomic E-state index is 12.3. The van der Waals surface area contributed by atoms with E-state index in [9.17, 15) is 13.5 Å². The van der Waals surface area contributed by atoms with Gasteiger partial charge in [-0.15, -0.1) is 0 Å². The Labute approximate surface area is 204 Å². The standard InChI is InChI=1S/C23H27ClN6O3S/c1-29-6-8-30(9-7-29)19-11-18(12-20(13-19)34(2,32)33)27-23-25-14-21(24)22(28-23)26-17-5-3-4-16(10-17)15-31/h3-5,10-14,31H,6-9,15H2,1-2H3,(H2,25,26,27,28). The fraction of sp³-hybridized carbons (Fsp3) is 0.304. The molecule has 1 aromatic heterocycles. The van der Waals surface area contributed by atoms with Gasteiger partial charge in [-0.2, -0.15) is 4.98 Å². The first-order valence-corrected chi connectivity index (χ1v) is 13.0. The van der Waals surface area contributed by atoms with E-state index in [1.807, 2.05) is 24.3 Å². The third kappa shape index (κ3) is 5.95. The molecular formula is C23H27ClN6O3S. The molecular weight excluding hydrogens is 476 g/mol. The monoisotopic (exact) mass is 502 g/mol. The summed E-state index contributed by atoms with van der Waals surface area (Å²) in [4.78, 5) is 13.3. The summed E-state index contributed by atoms with van der Waals surface area (Å²) in [5.74, 6) is 0.646. The number of hydrogen-bond acceptors (Lipinski definition) is 9. The summed E-state index contributed by atoms with van der Waals surface area (Å²) in [5.41, 5.74) is 2.86. The zero-order chi connectivity index (χ0) is 24.3. The normalized spacial score (nSPS) is 14.8. The van der Waals surface area contributed by atoms with E-state index in [1.54, 1.807) is 18.2 Å². The number of sulfone groups is 1. The van der Waals surface area contributed by atoms with Gasteiger partial charge in [0.25, 0.3) is 0 Å². The molecule has 2 heterocycles. The van der Waals surface area contributed by atoms with E-state index in [4.69, 9.17) is 11.6 Å². The van der Waals surface area contributed by atoms with Crippen LogP contribution in [0.25, 0.3) is 0 Å². The second-order valence-electron chi connectivity index (χ2n) is 8.28. The molecule has 3 aromatic rings. The molecule has 1 aliphatic heterocycles. The lowest BCUT2D eigenvalue weighted by Gasteiger charge is -2.34. The predicted molar refractivity (Wildman–Crippen MR) is 135 cm³/mol. The molecule has 1 aliphatic rings. The van der Waals surface area contributed by atoms with Crippen LogP contribution in [0.2, 0.25) is 5.02 Å². The highest BCUT2D eigenvalue weighted by molar-refractivity contribution is 7.90. The summed E-state index contributed by atoms with van der Waals surface area (Å²) in [7, 11) is -1.35. The second-order valence-corrected chi connectivity index (χ2v) is 10.7. The molecule has 180 valence electrons. The lowest BCUT2D eigenvalue weighted by molar-refractivity contribution is 0.282. The Bertz CT molecular complexity index is 1280. The van der Waals surface area contributed by atoms with Crippen LogP contribution in [0.1, 0.15) is 5.56 Å². The second kappa shape index (κ2) is 10.1. The van der Waals surface area contributed by atoms with Crippen molar-refractivity contribution in [3.8, 4) is 0 Å². The Balaban J connectivity index is 1.62. The van der Waals surface area contributed by atoms with Crippen molar-refractivity contribution in [3.05, 3.63) is 59.2 Å². The number of nitrogens with one attached hydrogen (secondary N) is 2. The van der Waals surface area contributed by atoms with Gasteiger partial charge in [0.1, 0.15) is 5.02 Å². The zero-order valence-corrected chi connectivity index (χ0v) is 20.6. The van der Waals surface area contributed by atoms with E-state index in [2.05, 4.69) is 37.4 Å². The van der Waals surface area contributed by atoms with E-state index in [0.29, 0.717) is 16.5 Å². The summed E-state index contributed by atoms with van der Waals surface area (Å²) in [5, 5.41) is 15.9. The minimum atomic E-state index is -3.42. The quantitative estimate of drug-likeness (QED) is 0.448. The Morgan fingerprint density at radius 2 is 1.82 bits per heavy atom. The Morgan fingerprint density at radius 1 is 1.06 bits per heavy atom. The first-order valence-electron chi connectivity index (χ1n) is 10.8. The number of aliphatic hydroxyl groups is 1. The molecule has 0 radical (unpaired) electrons. The first-order chi connectivity index (χ1) is 16.2. The molecule has 3 N–H and O–H groups in total. The fourth-order valence-corrected chi connectivity index (χ4v) is 4.46. The van der Waals surface area contributed by atoms with E-state index >= 15 is 0 Å². The summed E-state index contributed by atoms with van der Waals surface area (Å²) in [6.07, 6.45) is 2.66. The van der Waals surface area contributed by atoms with Crippen LogP contribution in [0.4, 0.5) is 28.8 Å². The molecule has 0 spiro atoms. The highest BCUT2D eigenvalue weighted by Gasteiger charge is 2.18. The van der Waals surface area contributed by atoms with Gasteiger partial charge in [0.15, 0.2) is 15.7 Å². The SMILES string of the molecule is CN1CCN(c2cc(Nc3ncc(Cl)c(Nc4cccc(CO)c4)n3)cc(S(C)(=O)=O)c2)CC1. The molecule has 0 atom stereocenters. The number of aliphatic hydroxyl groups excluding tert-OH is 1. The van der Waals surface area contributed by atoms with Crippen molar-refractivity contribution in [2.45, 2.75) is 11.5 Å². The minimum Gasteiger partial charge on any atom is -0.392 e. The number of nitrogens with zero attached hydrogens (tertiary/aromatic N) is 4. The summed E-state index contributed by atoms with van der Waals surface area (Å²) in [6.45, 7) is 3.34. The molecule has 2 aromatic carbocycles. The molecule has 0 unspecified atom stereocenters. The van der Waals surface area contributed by atoms with Gasteiger partial charge in [-0.3, -0.25) is 0 Å². The molecule has 9 nitrogen and oxygen atoms in total. The molecule has 0 bridgehead atoms. The van der Waals surface area contributed by atoms with Gasteiger partial charge in [-0.25, -0.2) is 13.4 Å². The molecule has 0 saturated carbocycles. The molecule has 0 aliphatic carbocycles. The molecule has 4 rings (SSSR count). The van der Waals surface area contributed by atoms with Crippen LogP contribution >= 0.6 is 11.6 Å². The maximum atomic E-state index is 12.3. The van der Waals surface area contributed by atoms with Crippen LogP contribution in [-0.2, 0) is 16.4 Å². The lowest BCUT2D eigenvalue weighted by atomic mass is 10.2. The van der Waals surface area contributed by atoms with Gasteiger partial charge < -0.3 is 25.5 Å². The van der Waals surface area contributed by atoms with E-state index < -0.39 is 9.84 Å². The molecule has 0 amide bonds. The number of anilines is 5. The maximum Gasteiger partial charge on any atom is 0.229 e. The third-order valence-electron chi connectivity index (χ3n) is 5.56. The molecule has 1 saturated heterocycles. The highest BCUT2D eigenvalue weighted by atomic mass is 35.5. The number of hydrogen-bond donors (Lipinski definition) is 3. The van der Waals surface area contributed by atoms with E-state index in [0.717, 1.165) is 43.1 Å². The van der Waals surface area contributed by atoms with Crippen LogP contribution in [0, 0.1) is 0 Å². The van der Waals surface area contributed by atoms with Crippen molar-refractivity contribution in [3.63, 3.8) is 0 Å². The van der Waals surface area contributed by atoms with Crippen LogP contribution in [0.5, 0.6) is 0 Å². The number of benzene rings is 2. The Kier molecular flexibility index (Phi) is 7.22. The average Bonchev–Trinajstić information content (AvgIpc) is 2.81. The smallest absolute Gasteiger partial charge is 0.229 e. The Hall–Kier alpha value is -2.92. The van der Waals surface area contributed by atoms with Crippen LogP contribution in [0.3, 0.4) is 0 Å². The van der Waals surface area contributed by atoms with Crippen molar-refractivity contribution >= 4 is 50.3 Å². The van der Waals surface area contributed by atoms with Gasteiger partial charge >= 0.3 is 0 Å². The highest BCUT2D eigenvalue weighted by Crippen LogP contribution is 2.29. The van der Waals surface area contributed by atoms with Crippen molar-refractivity contribution in [1.82, 2.24) is 14.9 Å². The Morgan fingerprint density at radius 3 is 2.53 bits per heavy atom. The summed E-state index contributed by atoms with van der Waals surface area (Å²) < 4.78 is 24.7. The number of rotatable bonds is 7. The zero-order valence-electron chi connectivity index (χ0n) is 19.0. The fourth-order valence-electron chi connectivity index (χ4n) is 3.65. The third-order valence-corrected chi connectivity index (χ3v) is 6.93. The van der Waals surface area contributed by atoms with Gasteiger partial charge in [0.05, 0.1) is 17.7 Å². The van der Waals surface area contributed by atoms with Crippen molar-refractivity contribution in [1.29, 1.82) is 0 Å². The van der Waals surface area contributed by atoms with Gasteiger partial charge in [0.2, 0.25) is 5.95 Å². The number of aromatic nitrogens is 2.